The van der Waals surface area contributed by atoms with Crippen LogP contribution in [0.3, 0.4) is 0 Å². The van der Waals surface area contributed by atoms with Gasteiger partial charge in [-0.25, -0.2) is 22.8 Å². The lowest BCUT2D eigenvalue weighted by Gasteiger charge is -2.40. The fourth-order valence-electron chi connectivity index (χ4n) is 5.85. The summed E-state index contributed by atoms with van der Waals surface area (Å²) in [5.74, 6) is -0.318. The molecule has 2 heterocycles. The Morgan fingerprint density at radius 2 is 2.00 bits per heavy atom. The van der Waals surface area contributed by atoms with E-state index in [0.717, 1.165) is 48.6 Å². The Bertz CT molecular complexity index is 1540. The molecule has 1 aliphatic carbocycles. The molecule has 1 fully saturated rings. The van der Waals surface area contributed by atoms with E-state index in [2.05, 4.69) is 45.2 Å². The number of rotatable bonds is 9. The van der Waals surface area contributed by atoms with Crippen molar-refractivity contribution in [1.82, 2.24) is 14.9 Å². The third-order valence-corrected chi connectivity index (χ3v) is 10.2. The number of ether oxygens (including phenoxy) is 2. The Kier molecular flexibility index (Phi) is 9.52. The summed E-state index contributed by atoms with van der Waals surface area (Å²) in [5.41, 5.74) is 3.87. The molecule has 222 valence electrons. The molecule has 3 aromatic rings. The highest BCUT2D eigenvalue weighted by molar-refractivity contribution is 7.94. The predicted octanol–water partition coefficient (Wildman–Crippen LogP) is 5.31. The molecule has 0 unspecified atom stereocenters. The first-order valence-electron chi connectivity index (χ1n) is 14.2. The van der Waals surface area contributed by atoms with Crippen molar-refractivity contribution in [1.29, 1.82) is 0 Å². The normalized spacial score (nSPS) is 21.1. The number of halogens is 2. The van der Waals surface area contributed by atoms with Gasteiger partial charge in [0.05, 0.1) is 18.2 Å². The van der Waals surface area contributed by atoms with Gasteiger partial charge in [0.15, 0.2) is 0 Å². The fourth-order valence-corrected chi connectivity index (χ4v) is 7.63. The van der Waals surface area contributed by atoms with E-state index in [-0.39, 0.29) is 36.2 Å². The molecule has 0 saturated heterocycles. The average molecular weight is 613 g/mol. The molecular formula is C30H35BClFN4O4S. The van der Waals surface area contributed by atoms with Crippen molar-refractivity contribution >= 4 is 40.4 Å². The van der Waals surface area contributed by atoms with Gasteiger partial charge in [-0.2, -0.15) is 0 Å². The van der Waals surface area contributed by atoms with Crippen LogP contribution >= 0.6 is 11.6 Å². The summed E-state index contributed by atoms with van der Waals surface area (Å²) < 4.78 is 55.0. The van der Waals surface area contributed by atoms with Crippen LogP contribution in [0.15, 0.2) is 66.0 Å². The second-order valence-electron chi connectivity index (χ2n) is 10.8. The molecule has 1 aromatic heterocycles. The number of nitrogens with zero attached hydrogens (tertiary/aromatic N) is 4. The van der Waals surface area contributed by atoms with Crippen LogP contribution in [0.2, 0.25) is 11.8 Å². The van der Waals surface area contributed by atoms with E-state index in [1.807, 2.05) is 14.1 Å². The first kappa shape index (κ1) is 30.5. The Hall–Kier alpha value is -2.99. The first-order chi connectivity index (χ1) is 20.2. The molecule has 1 saturated carbocycles. The van der Waals surface area contributed by atoms with Crippen LogP contribution in [0.5, 0.6) is 5.75 Å². The van der Waals surface area contributed by atoms with Crippen LogP contribution in [0.25, 0.3) is 5.57 Å². The van der Waals surface area contributed by atoms with E-state index >= 15 is 4.39 Å². The molecule has 8 nitrogen and oxygen atoms in total. The number of benzene rings is 2. The smallest absolute Gasteiger partial charge is 0.256 e. The van der Waals surface area contributed by atoms with Crippen molar-refractivity contribution in [2.75, 3.05) is 31.5 Å². The van der Waals surface area contributed by atoms with Crippen LogP contribution in [0.4, 0.5) is 10.2 Å². The summed E-state index contributed by atoms with van der Waals surface area (Å²) >= 11 is 6.54. The number of sulfonamides is 1. The average Bonchev–Trinajstić information content (AvgIpc) is 3.00. The van der Waals surface area contributed by atoms with Gasteiger partial charge in [0, 0.05) is 18.3 Å². The molecule has 0 N–H and O–H groups in total. The molecule has 0 radical (unpaired) electrons. The number of hydrogen-bond donors (Lipinski definition) is 0. The Labute approximate surface area is 252 Å². The van der Waals surface area contributed by atoms with Gasteiger partial charge in [0.1, 0.15) is 34.7 Å². The van der Waals surface area contributed by atoms with Gasteiger partial charge >= 0.3 is 0 Å². The van der Waals surface area contributed by atoms with Gasteiger partial charge in [0.25, 0.3) is 17.4 Å². The molecule has 12 heteroatoms. The van der Waals surface area contributed by atoms with E-state index in [9.17, 15) is 8.42 Å². The first-order valence-corrected chi connectivity index (χ1v) is 16.0. The molecule has 42 heavy (non-hydrogen) atoms. The maximum atomic E-state index is 15.4. The molecule has 2 aliphatic rings. The quantitative estimate of drug-likeness (QED) is 0.303. The van der Waals surface area contributed by atoms with Gasteiger partial charge in [0.2, 0.25) is 0 Å². The van der Waals surface area contributed by atoms with Gasteiger partial charge in [-0.1, -0.05) is 48.8 Å². The van der Waals surface area contributed by atoms with Gasteiger partial charge in [-0.05, 0) is 74.5 Å². The standard InChI is InChI=1S/C30H35BClFN4O4S/c1-31-37(30-9-12-34-19-35-30)42(38,39)29-17-24(32)28(18-25(29)33)41-27-8-7-23(16-26(27)36(2)3)22-6-4-5-21(15-22)20-10-13-40-14-11-20/h4-6,9-10,12,15,17-19,23,26-27,31H,7-8,11,13-14,16H2,1-3H3/t23-,26-,27-/m0/s1. The summed E-state index contributed by atoms with van der Waals surface area (Å²) in [7, 11) is -0.198. The topological polar surface area (TPSA) is 84.9 Å². The summed E-state index contributed by atoms with van der Waals surface area (Å²) in [6, 6.07) is 12.5. The van der Waals surface area contributed by atoms with E-state index < -0.39 is 20.7 Å². The zero-order valence-electron chi connectivity index (χ0n) is 24.0. The summed E-state index contributed by atoms with van der Waals surface area (Å²) in [5, 5.41) is 0.0331. The van der Waals surface area contributed by atoms with E-state index in [0.29, 0.717) is 12.5 Å². The highest BCUT2D eigenvalue weighted by Gasteiger charge is 2.35. The van der Waals surface area contributed by atoms with Crippen LogP contribution in [0.1, 0.15) is 42.7 Å². The monoisotopic (exact) mass is 612 g/mol. The van der Waals surface area contributed by atoms with Gasteiger partial charge < -0.3 is 18.6 Å². The fraction of sp³-hybridized carbons (Fsp3) is 0.400. The van der Waals surface area contributed by atoms with Crippen molar-refractivity contribution in [3.63, 3.8) is 0 Å². The van der Waals surface area contributed by atoms with E-state index in [4.69, 9.17) is 21.1 Å². The van der Waals surface area contributed by atoms with Crippen LogP contribution in [0, 0.1) is 5.82 Å². The lowest BCUT2D eigenvalue weighted by atomic mass is 9.78. The van der Waals surface area contributed by atoms with Crippen molar-refractivity contribution < 1.29 is 22.3 Å². The molecule has 0 spiro atoms. The largest absolute Gasteiger partial charge is 0.487 e. The summed E-state index contributed by atoms with van der Waals surface area (Å²) in [4.78, 5) is 9.43. The molecule has 1 aliphatic heterocycles. The minimum Gasteiger partial charge on any atom is -0.487 e. The molecule has 5 rings (SSSR count). The molecule has 0 bridgehead atoms. The minimum absolute atomic E-state index is 0.0331. The maximum Gasteiger partial charge on any atom is 0.256 e. The highest BCUT2D eigenvalue weighted by Crippen LogP contribution is 2.40. The van der Waals surface area contributed by atoms with Gasteiger partial charge in [-0.3, -0.25) is 0 Å². The van der Waals surface area contributed by atoms with E-state index in [1.165, 1.54) is 35.3 Å². The highest BCUT2D eigenvalue weighted by atomic mass is 35.5. The van der Waals surface area contributed by atoms with E-state index in [1.54, 1.807) is 6.82 Å². The molecule has 2 aromatic carbocycles. The summed E-state index contributed by atoms with van der Waals surface area (Å²) in [6.07, 6.45) is 8.00. The minimum atomic E-state index is -4.27. The van der Waals surface area contributed by atoms with Crippen molar-refractivity contribution in [3.05, 3.63) is 83.0 Å². The van der Waals surface area contributed by atoms with Gasteiger partial charge in [-0.15, -0.1) is 0 Å². The Morgan fingerprint density at radius 1 is 1.17 bits per heavy atom. The second-order valence-corrected chi connectivity index (χ2v) is 13.1. The SMILES string of the molecule is CBN(c1ccncn1)S(=O)(=O)c1cc(Cl)c(O[C@H]2CC[C@H](c3cccc(C4=CCOCC4)c3)C[C@@H]2N(C)C)cc1F. The third kappa shape index (κ3) is 6.49. The predicted molar refractivity (Wildman–Crippen MR) is 164 cm³/mol. The Balaban J connectivity index is 1.34. The van der Waals surface area contributed by atoms with Crippen molar-refractivity contribution in [2.45, 2.75) is 55.5 Å². The lowest BCUT2D eigenvalue weighted by Crippen LogP contribution is -2.46. The van der Waals surface area contributed by atoms with Crippen molar-refractivity contribution in [3.8, 4) is 5.75 Å². The Morgan fingerprint density at radius 3 is 2.69 bits per heavy atom. The van der Waals surface area contributed by atoms with Crippen molar-refractivity contribution in [2.24, 2.45) is 0 Å². The summed E-state index contributed by atoms with van der Waals surface area (Å²) in [6.45, 7) is 3.04. The molecule has 0 amide bonds. The zero-order valence-corrected chi connectivity index (χ0v) is 25.6. The number of hydrogen-bond acceptors (Lipinski definition) is 7. The number of anilines is 1. The third-order valence-electron chi connectivity index (χ3n) is 8.05. The zero-order chi connectivity index (χ0) is 29.9. The molecular weight excluding hydrogens is 578 g/mol. The molecule has 3 atom stereocenters. The second kappa shape index (κ2) is 13.1. The number of likely N-dealkylation sites (N-methyl/N-ethyl adjacent to an activating group) is 1. The number of aromatic nitrogens is 2. The maximum absolute atomic E-state index is 15.4. The van der Waals surface area contributed by atoms with Crippen LogP contribution < -0.4 is 8.95 Å². The van der Waals surface area contributed by atoms with Crippen LogP contribution in [-0.4, -0.2) is 70.2 Å². The van der Waals surface area contributed by atoms with Crippen LogP contribution in [-0.2, 0) is 14.8 Å². The lowest BCUT2D eigenvalue weighted by molar-refractivity contribution is 0.0544.